The number of nitrogens with one attached hydrogen (secondary N) is 1. The fraction of sp³-hybridized carbons (Fsp3) is 0. The van der Waals surface area contributed by atoms with Gasteiger partial charge in [0.2, 0.25) is 0 Å². The molecule has 0 spiro atoms. The molecule has 3 aromatic rings. The van der Waals surface area contributed by atoms with Gasteiger partial charge in [-0.3, -0.25) is 4.98 Å². The largest absolute Gasteiger partial charge is 0.397 e. The van der Waals surface area contributed by atoms with Crippen molar-refractivity contribution in [2.75, 3.05) is 11.1 Å². The number of nitrogen functional groups attached to an aromatic ring is 1. The Morgan fingerprint density at radius 2 is 1.89 bits per heavy atom. The van der Waals surface area contributed by atoms with E-state index in [1.165, 1.54) is 12.1 Å². The number of para-hydroxylation sites is 1. The molecule has 4 heteroatoms. The van der Waals surface area contributed by atoms with Crippen molar-refractivity contribution in [2.45, 2.75) is 0 Å². The summed E-state index contributed by atoms with van der Waals surface area (Å²) in [6.07, 6.45) is 1.68. The van der Waals surface area contributed by atoms with Crippen LogP contribution in [-0.4, -0.2) is 4.98 Å². The van der Waals surface area contributed by atoms with Crippen molar-refractivity contribution in [1.29, 1.82) is 0 Å². The number of benzene rings is 2. The average Bonchev–Trinajstić information content (AvgIpc) is 2.40. The highest BCUT2D eigenvalue weighted by molar-refractivity contribution is 5.98. The topological polar surface area (TPSA) is 50.9 Å². The van der Waals surface area contributed by atoms with Crippen LogP contribution in [0.2, 0.25) is 0 Å². The number of hydrogen-bond donors (Lipinski definition) is 2. The molecule has 0 aliphatic heterocycles. The minimum absolute atomic E-state index is 0.275. The molecule has 1 heterocycles. The van der Waals surface area contributed by atoms with Crippen LogP contribution in [0.5, 0.6) is 0 Å². The summed E-state index contributed by atoms with van der Waals surface area (Å²) in [7, 11) is 0. The highest BCUT2D eigenvalue weighted by Gasteiger charge is 2.04. The number of fused-ring (bicyclic) bond motifs is 1. The molecule has 2 aromatic carbocycles. The lowest BCUT2D eigenvalue weighted by atomic mass is 10.1. The second kappa shape index (κ2) is 4.57. The number of halogens is 1. The van der Waals surface area contributed by atoms with Crippen LogP contribution >= 0.6 is 0 Å². The second-order valence-electron chi connectivity index (χ2n) is 4.24. The zero-order valence-electron chi connectivity index (χ0n) is 10.1. The van der Waals surface area contributed by atoms with E-state index in [-0.39, 0.29) is 5.82 Å². The van der Waals surface area contributed by atoms with Gasteiger partial charge < -0.3 is 11.1 Å². The number of anilines is 3. The Labute approximate surface area is 109 Å². The third-order valence-corrected chi connectivity index (χ3v) is 2.91. The Morgan fingerprint density at radius 3 is 2.74 bits per heavy atom. The summed E-state index contributed by atoms with van der Waals surface area (Å²) in [5.74, 6) is -0.275. The molecule has 0 atom stereocenters. The first kappa shape index (κ1) is 11.5. The summed E-state index contributed by atoms with van der Waals surface area (Å²) < 4.78 is 13.2. The van der Waals surface area contributed by atoms with Crippen LogP contribution < -0.4 is 11.1 Å². The first-order valence-corrected chi connectivity index (χ1v) is 5.90. The summed E-state index contributed by atoms with van der Waals surface area (Å²) >= 11 is 0. The molecule has 0 bridgehead atoms. The van der Waals surface area contributed by atoms with Gasteiger partial charge >= 0.3 is 0 Å². The number of nitrogens with zero attached hydrogens (tertiary/aromatic N) is 1. The zero-order valence-corrected chi connectivity index (χ0v) is 10.1. The lowest BCUT2D eigenvalue weighted by Crippen LogP contribution is -1.95. The Balaban J connectivity index is 2.08. The van der Waals surface area contributed by atoms with Gasteiger partial charge in [-0.05, 0) is 30.3 Å². The third kappa shape index (κ3) is 2.20. The van der Waals surface area contributed by atoms with E-state index in [0.29, 0.717) is 11.4 Å². The van der Waals surface area contributed by atoms with E-state index < -0.39 is 0 Å². The number of nitrogens with two attached hydrogens (primary N) is 1. The molecule has 3 N–H and O–H groups in total. The fourth-order valence-corrected chi connectivity index (χ4v) is 2.03. The van der Waals surface area contributed by atoms with Crippen molar-refractivity contribution in [3.63, 3.8) is 0 Å². The minimum atomic E-state index is -0.275. The van der Waals surface area contributed by atoms with Crippen LogP contribution in [0.1, 0.15) is 0 Å². The smallest absolute Gasteiger partial charge is 0.125 e. The van der Waals surface area contributed by atoms with Crippen molar-refractivity contribution in [2.24, 2.45) is 0 Å². The molecule has 0 amide bonds. The van der Waals surface area contributed by atoms with Gasteiger partial charge in [0, 0.05) is 23.0 Å². The Kier molecular flexibility index (Phi) is 2.76. The summed E-state index contributed by atoms with van der Waals surface area (Å²) in [6.45, 7) is 0. The maximum Gasteiger partial charge on any atom is 0.125 e. The lowest BCUT2D eigenvalue weighted by Gasteiger charge is -2.10. The predicted octanol–water partition coefficient (Wildman–Crippen LogP) is 3.70. The molecule has 0 aliphatic carbocycles. The number of hydrogen-bond acceptors (Lipinski definition) is 3. The molecule has 0 unspecified atom stereocenters. The first-order valence-electron chi connectivity index (χ1n) is 5.90. The number of aromatic nitrogens is 1. The number of rotatable bonds is 2. The Bertz CT molecular complexity index is 740. The van der Waals surface area contributed by atoms with Gasteiger partial charge in [-0.2, -0.15) is 0 Å². The highest BCUT2D eigenvalue weighted by Crippen LogP contribution is 2.28. The van der Waals surface area contributed by atoms with E-state index in [0.717, 1.165) is 16.6 Å². The van der Waals surface area contributed by atoms with Crippen LogP contribution in [0.4, 0.5) is 21.5 Å². The first-order chi connectivity index (χ1) is 9.24. The maximum atomic E-state index is 13.2. The van der Waals surface area contributed by atoms with Gasteiger partial charge in [0.25, 0.3) is 0 Å². The molecular weight excluding hydrogens is 241 g/mol. The SMILES string of the molecule is Nc1cccc2c(Nc3cccc(F)c3)ccnc12. The summed E-state index contributed by atoms with van der Waals surface area (Å²) in [6, 6.07) is 13.8. The van der Waals surface area contributed by atoms with E-state index in [1.54, 1.807) is 18.3 Å². The molecule has 0 saturated carbocycles. The molecule has 0 saturated heterocycles. The van der Waals surface area contributed by atoms with Gasteiger partial charge in [-0.1, -0.05) is 18.2 Å². The molecule has 0 radical (unpaired) electrons. The van der Waals surface area contributed by atoms with Crippen LogP contribution in [0.15, 0.2) is 54.7 Å². The van der Waals surface area contributed by atoms with E-state index in [9.17, 15) is 4.39 Å². The average molecular weight is 253 g/mol. The Morgan fingerprint density at radius 1 is 1.05 bits per heavy atom. The predicted molar refractivity (Wildman–Crippen MR) is 75.8 cm³/mol. The van der Waals surface area contributed by atoms with Crippen molar-refractivity contribution in [1.82, 2.24) is 4.98 Å². The summed E-state index contributed by atoms with van der Waals surface area (Å²) in [4.78, 5) is 4.26. The fourth-order valence-electron chi connectivity index (χ4n) is 2.03. The molecule has 1 aromatic heterocycles. The van der Waals surface area contributed by atoms with Gasteiger partial charge in [-0.15, -0.1) is 0 Å². The molecule has 3 rings (SSSR count). The van der Waals surface area contributed by atoms with E-state index in [2.05, 4.69) is 10.3 Å². The lowest BCUT2D eigenvalue weighted by molar-refractivity contribution is 0.628. The Hall–Kier alpha value is -2.62. The minimum Gasteiger partial charge on any atom is -0.397 e. The standard InChI is InChI=1S/C15H12FN3/c16-10-3-1-4-11(9-10)19-14-7-8-18-15-12(14)5-2-6-13(15)17/h1-9H,17H2,(H,18,19). The molecular formula is C15H12FN3. The van der Waals surface area contributed by atoms with Gasteiger partial charge in [0.15, 0.2) is 0 Å². The summed E-state index contributed by atoms with van der Waals surface area (Å²) in [5, 5.41) is 4.09. The molecule has 0 aliphatic rings. The van der Waals surface area contributed by atoms with Crippen LogP contribution in [0.25, 0.3) is 10.9 Å². The van der Waals surface area contributed by atoms with E-state index >= 15 is 0 Å². The van der Waals surface area contributed by atoms with Crippen molar-refractivity contribution >= 4 is 28.0 Å². The highest BCUT2D eigenvalue weighted by atomic mass is 19.1. The second-order valence-corrected chi connectivity index (χ2v) is 4.24. The van der Waals surface area contributed by atoms with Crippen molar-refractivity contribution in [3.8, 4) is 0 Å². The zero-order chi connectivity index (χ0) is 13.2. The van der Waals surface area contributed by atoms with E-state index in [1.807, 2.05) is 24.3 Å². The van der Waals surface area contributed by atoms with Gasteiger partial charge in [0.05, 0.1) is 11.2 Å². The van der Waals surface area contributed by atoms with E-state index in [4.69, 9.17) is 5.73 Å². The van der Waals surface area contributed by atoms with Crippen molar-refractivity contribution < 1.29 is 4.39 Å². The van der Waals surface area contributed by atoms with Gasteiger partial charge in [0.1, 0.15) is 5.82 Å². The molecule has 94 valence electrons. The monoisotopic (exact) mass is 253 g/mol. The van der Waals surface area contributed by atoms with Crippen LogP contribution in [0, 0.1) is 5.82 Å². The third-order valence-electron chi connectivity index (χ3n) is 2.91. The van der Waals surface area contributed by atoms with Gasteiger partial charge in [-0.25, -0.2) is 4.39 Å². The molecule has 0 fully saturated rings. The van der Waals surface area contributed by atoms with Crippen LogP contribution in [0.3, 0.4) is 0 Å². The van der Waals surface area contributed by atoms with Crippen LogP contribution in [-0.2, 0) is 0 Å². The number of pyridine rings is 1. The maximum absolute atomic E-state index is 13.2. The molecule has 19 heavy (non-hydrogen) atoms. The molecule has 3 nitrogen and oxygen atoms in total. The quantitative estimate of drug-likeness (QED) is 0.685. The van der Waals surface area contributed by atoms with Crippen molar-refractivity contribution in [3.05, 3.63) is 60.5 Å². The summed E-state index contributed by atoms with van der Waals surface area (Å²) in [5.41, 5.74) is 8.80. The normalized spacial score (nSPS) is 10.6.